The third kappa shape index (κ3) is 14.9. The molecular weight excluding hydrogens is 208 g/mol. The van der Waals surface area contributed by atoms with Crippen molar-refractivity contribution in [2.24, 2.45) is 5.41 Å². The summed E-state index contributed by atoms with van der Waals surface area (Å²) in [7, 11) is 0. The Morgan fingerprint density at radius 2 is 1.75 bits per heavy atom. The number of hydrogen-bond donors (Lipinski definition) is 1. The van der Waals surface area contributed by atoms with Crippen LogP contribution in [-0.2, 0) is 14.3 Å². The second-order valence-corrected chi connectivity index (χ2v) is 4.46. The lowest BCUT2D eigenvalue weighted by Gasteiger charge is -2.16. The summed E-state index contributed by atoms with van der Waals surface area (Å²) >= 11 is 0. The normalized spacial score (nSPS) is 9.50. The molecule has 0 heterocycles. The Balaban J connectivity index is 0. The Hall–Kier alpha value is -1.58. The summed E-state index contributed by atoms with van der Waals surface area (Å²) in [5.41, 5.74) is 0.216. The molecule has 0 aromatic heterocycles. The maximum Gasteiger partial charge on any atom is 0.330 e. The highest BCUT2D eigenvalue weighted by atomic mass is 16.5. The van der Waals surface area contributed by atoms with Crippen LogP contribution >= 0.6 is 0 Å². The maximum absolute atomic E-state index is 10.5. The van der Waals surface area contributed by atoms with Gasteiger partial charge in [-0.2, -0.15) is 0 Å². The number of carbonyl (C=O) groups is 2. The number of esters is 1. The van der Waals surface area contributed by atoms with E-state index >= 15 is 0 Å². The van der Waals surface area contributed by atoms with Gasteiger partial charge in [-0.25, -0.2) is 9.59 Å². The molecule has 1 N–H and O–H groups in total. The second-order valence-electron chi connectivity index (χ2n) is 4.46. The van der Waals surface area contributed by atoms with Gasteiger partial charge in [0.15, 0.2) is 0 Å². The van der Waals surface area contributed by atoms with Crippen molar-refractivity contribution < 1.29 is 19.4 Å². The molecule has 0 radical (unpaired) electrons. The Bertz CT molecular complexity index is 259. The van der Waals surface area contributed by atoms with Crippen LogP contribution in [0.1, 0.15) is 27.7 Å². The Morgan fingerprint density at radius 1 is 1.38 bits per heavy atom. The van der Waals surface area contributed by atoms with Crippen molar-refractivity contribution >= 4 is 11.9 Å². The molecule has 0 aromatic carbocycles. The molecule has 0 saturated heterocycles. The van der Waals surface area contributed by atoms with Gasteiger partial charge in [0, 0.05) is 11.6 Å². The number of carboxylic acid groups (broad SMARTS) is 1. The topological polar surface area (TPSA) is 63.6 Å². The van der Waals surface area contributed by atoms with Crippen LogP contribution in [0.2, 0.25) is 0 Å². The van der Waals surface area contributed by atoms with Gasteiger partial charge in [-0.05, 0) is 12.3 Å². The Labute approximate surface area is 96.6 Å². The summed E-state index contributed by atoms with van der Waals surface area (Å²) in [5, 5.41) is 7.89. The molecule has 0 atom stereocenters. The van der Waals surface area contributed by atoms with E-state index in [1.54, 1.807) is 0 Å². The zero-order valence-corrected chi connectivity index (χ0v) is 10.4. The Kier molecular flexibility index (Phi) is 8.08. The molecule has 16 heavy (non-hydrogen) atoms. The lowest BCUT2D eigenvalue weighted by Crippen LogP contribution is -2.16. The van der Waals surface area contributed by atoms with E-state index in [-0.39, 0.29) is 17.0 Å². The lowest BCUT2D eigenvalue weighted by molar-refractivity contribution is -0.140. The fraction of sp³-hybridized carbons (Fsp3) is 0.500. The van der Waals surface area contributed by atoms with Crippen LogP contribution in [0.4, 0.5) is 0 Å². The van der Waals surface area contributed by atoms with Crippen molar-refractivity contribution in [1.29, 1.82) is 0 Å². The first-order valence-electron chi connectivity index (χ1n) is 4.78. The van der Waals surface area contributed by atoms with Crippen LogP contribution in [-0.4, -0.2) is 23.7 Å². The van der Waals surface area contributed by atoms with Crippen LogP contribution in [0.3, 0.4) is 0 Å². The molecule has 0 aliphatic rings. The number of carbonyl (C=O) groups excluding carboxylic acids is 1. The van der Waals surface area contributed by atoms with Gasteiger partial charge in [0.2, 0.25) is 0 Å². The van der Waals surface area contributed by atoms with Crippen LogP contribution in [0.25, 0.3) is 0 Å². The average molecular weight is 228 g/mol. The first-order chi connectivity index (χ1) is 7.10. The number of rotatable bonds is 3. The Morgan fingerprint density at radius 3 is 1.94 bits per heavy atom. The van der Waals surface area contributed by atoms with Gasteiger partial charge in [0.1, 0.15) is 0 Å². The average Bonchev–Trinajstić information content (AvgIpc) is 2.13. The van der Waals surface area contributed by atoms with Crippen molar-refractivity contribution in [3.05, 3.63) is 24.8 Å². The zero-order valence-electron chi connectivity index (χ0n) is 10.4. The molecule has 0 aliphatic heterocycles. The first kappa shape index (κ1) is 16.8. The highest BCUT2D eigenvalue weighted by molar-refractivity contribution is 5.84. The molecule has 0 fully saturated rings. The van der Waals surface area contributed by atoms with Crippen LogP contribution in [0.5, 0.6) is 0 Å². The molecule has 4 nitrogen and oxygen atoms in total. The molecule has 4 heteroatoms. The van der Waals surface area contributed by atoms with Crippen molar-refractivity contribution in [2.45, 2.75) is 27.7 Å². The van der Waals surface area contributed by atoms with E-state index in [4.69, 9.17) is 9.84 Å². The van der Waals surface area contributed by atoms with E-state index in [0.29, 0.717) is 6.61 Å². The first-order valence-corrected chi connectivity index (χ1v) is 4.78. The molecule has 92 valence electrons. The maximum atomic E-state index is 10.5. The molecule has 0 saturated carbocycles. The van der Waals surface area contributed by atoms with Gasteiger partial charge in [-0.15, -0.1) is 0 Å². The lowest BCUT2D eigenvalue weighted by atomic mass is 9.99. The molecule has 0 spiro atoms. The molecular formula is C12H20O4. The highest BCUT2D eigenvalue weighted by Crippen LogP contribution is 2.12. The SMILES string of the molecule is C=C(C)C(=O)O.C=CC(=O)OCC(C)(C)C. The molecule has 0 unspecified atom stereocenters. The molecule has 0 amide bonds. The van der Waals surface area contributed by atoms with E-state index in [9.17, 15) is 9.59 Å². The fourth-order valence-electron chi connectivity index (χ4n) is 0.347. The smallest absolute Gasteiger partial charge is 0.330 e. The van der Waals surface area contributed by atoms with E-state index in [0.717, 1.165) is 0 Å². The van der Waals surface area contributed by atoms with E-state index in [1.807, 2.05) is 20.8 Å². The number of hydrogen-bond acceptors (Lipinski definition) is 3. The van der Waals surface area contributed by atoms with Crippen molar-refractivity contribution in [1.82, 2.24) is 0 Å². The van der Waals surface area contributed by atoms with E-state index in [1.165, 1.54) is 13.0 Å². The highest BCUT2D eigenvalue weighted by Gasteiger charge is 2.11. The summed E-state index contributed by atoms with van der Waals surface area (Å²) < 4.78 is 4.80. The van der Waals surface area contributed by atoms with Crippen molar-refractivity contribution in [3.63, 3.8) is 0 Å². The third-order valence-corrected chi connectivity index (χ3v) is 1.18. The van der Waals surface area contributed by atoms with E-state index < -0.39 is 5.97 Å². The summed E-state index contributed by atoms with van der Waals surface area (Å²) in [5.74, 6) is -1.29. The van der Waals surface area contributed by atoms with Crippen LogP contribution < -0.4 is 0 Å². The van der Waals surface area contributed by atoms with E-state index in [2.05, 4.69) is 13.2 Å². The zero-order chi connectivity index (χ0) is 13.4. The summed E-state index contributed by atoms with van der Waals surface area (Å²) in [4.78, 5) is 20.1. The number of carboxylic acids is 1. The number of ether oxygens (including phenoxy) is 1. The summed E-state index contributed by atoms with van der Waals surface area (Å²) in [6.45, 7) is 14.3. The third-order valence-electron chi connectivity index (χ3n) is 1.18. The van der Waals surface area contributed by atoms with Crippen molar-refractivity contribution in [3.8, 4) is 0 Å². The minimum atomic E-state index is -0.935. The molecule has 0 aromatic rings. The monoisotopic (exact) mass is 228 g/mol. The fourth-order valence-corrected chi connectivity index (χ4v) is 0.347. The van der Waals surface area contributed by atoms with Gasteiger partial charge in [0.25, 0.3) is 0 Å². The number of aliphatic carboxylic acids is 1. The molecule has 0 bridgehead atoms. The molecule has 0 rings (SSSR count). The van der Waals surface area contributed by atoms with Gasteiger partial charge in [0.05, 0.1) is 6.61 Å². The van der Waals surface area contributed by atoms with Gasteiger partial charge < -0.3 is 9.84 Å². The second kappa shape index (κ2) is 7.68. The van der Waals surface area contributed by atoms with Gasteiger partial charge in [-0.1, -0.05) is 33.9 Å². The predicted molar refractivity (Wildman–Crippen MR) is 63.1 cm³/mol. The van der Waals surface area contributed by atoms with Crippen LogP contribution in [0.15, 0.2) is 24.8 Å². The largest absolute Gasteiger partial charge is 0.478 e. The minimum absolute atomic E-state index is 0.0403. The predicted octanol–water partition coefficient (Wildman–Crippen LogP) is 2.41. The van der Waals surface area contributed by atoms with Crippen LogP contribution in [0, 0.1) is 5.41 Å². The minimum Gasteiger partial charge on any atom is -0.478 e. The quantitative estimate of drug-likeness (QED) is 0.595. The summed E-state index contributed by atoms with van der Waals surface area (Å²) in [6, 6.07) is 0. The van der Waals surface area contributed by atoms with Crippen molar-refractivity contribution in [2.75, 3.05) is 6.61 Å². The standard InChI is InChI=1S/C8H14O2.C4H6O2/c1-5-7(9)10-6-8(2,3)4;1-3(2)4(5)6/h5H,1,6H2,2-4H3;1H2,2H3,(H,5,6). The summed E-state index contributed by atoms with van der Waals surface area (Å²) in [6.07, 6.45) is 1.17. The van der Waals surface area contributed by atoms with Gasteiger partial charge >= 0.3 is 11.9 Å². The van der Waals surface area contributed by atoms with Gasteiger partial charge in [-0.3, -0.25) is 0 Å². The molecule has 0 aliphatic carbocycles.